The van der Waals surface area contributed by atoms with Gasteiger partial charge in [0.1, 0.15) is 6.61 Å². The van der Waals surface area contributed by atoms with Crippen molar-refractivity contribution in [1.29, 1.82) is 0 Å². The van der Waals surface area contributed by atoms with Crippen LogP contribution >= 0.6 is 0 Å². The molecule has 0 rings (SSSR count). The molecular weight excluding hydrogens is 608 g/mol. The summed E-state index contributed by atoms with van der Waals surface area (Å²) in [7, 11) is 0. The number of hydrogen-bond acceptors (Lipinski definition) is 5. The lowest BCUT2D eigenvalue weighted by Gasteiger charge is -2.15. The summed E-state index contributed by atoms with van der Waals surface area (Å²) in [5, 5.41) is 9.57. The highest BCUT2D eigenvalue weighted by Crippen LogP contribution is 2.14. The Balaban J connectivity index is 3.54. The van der Waals surface area contributed by atoms with E-state index in [9.17, 15) is 14.7 Å². The molecule has 49 heavy (non-hydrogen) atoms. The lowest BCUT2D eigenvalue weighted by Crippen LogP contribution is -2.28. The molecule has 0 aromatic carbocycles. The van der Waals surface area contributed by atoms with Gasteiger partial charge in [0.05, 0.1) is 6.61 Å². The molecule has 0 saturated heterocycles. The van der Waals surface area contributed by atoms with Gasteiger partial charge < -0.3 is 14.6 Å². The lowest BCUT2D eigenvalue weighted by atomic mass is 10.1. The van der Waals surface area contributed by atoms with Crippen LogP contribution in [-0.2, 0) is 19.1 Å². The number of rotatable bonds is 38. The van der Waals surface area contributed by atoms with Gasteiger partial charge >= 0.3 is 11.9 Å². The van der Waals surface area contributed by atoms with Crippen molar-refractivity contribution in [3.8, 4) is 0 Å². The second kappa shape index (κ2) is 40.5. The fourth-order valence-corrected chi connectivity index (χ4v) is 5.93. The van der Waals surface area contributed by atoms with Gasteiger partial charge in [-0.2, -0.15) is 0 Å². The summed E-state index contributed by atoms with van der Waals surface area (Å²) in [5.74, 6) is -0.601. The zero-order valence-electron chi connectivity index (χ0n) is 32.5. The van der Waals surface area contributed by atoms with E-state index in [1.54, 1.807) is 0 Å². The molecule has 0 amide bonds. The van der Waals surface area contributed by atoms with Crippen LogP contribution in [-0.4, -0.2) is 36.4 Å². The van der Waals surface area contributed by atoms with Crippen molar-refractivity contribution in [2.45, 2.75) is 219 Å². The van der Waals surface area contributed by atoms with Crippen molar-refractivity contribution in [1.82, 2.24) is 0 Å². The SMILES string of the molecule is CCCCC/C=C\C/C=C\CCCCCCCCC(=O)O[C@@H](CO)COC(=O)CCCCCCCCCCC/C=C\CCCCCCCC. The van der Waals surface area contributed by atoms with Gasteiger partial charge in [-0.05, 0) is 70.6 Å². The number of aliphatic hydroxyl groups excluding tert-OH is 1. The topological polar surface area (TPSA) is 72.8 Å². The molecular formula is C44H80O5. The minimum Gasteiger partial charge on any atom is -0.462 e. The van der Waals surface area contributed by atoms with E-state index in [1.807, 2.05) is 0 Å². The summed E-state index contributed by atoms with van der Waals surface area (Å²) in [6, 6.07) is 0. The van der Waals surface area contributed by atoms with Crippen LogP contribution in [0.2, 0.25) is 0 Å². The molecule has 0 aliphatic rings. The monoisotopic (exact) mass is 689 g/mol. The van der Waals surface area contributed by atoms with Gasteiger partial charge in [0.15, 0.2) is 6.10 Å². The molecule has 0 aromatic rings. The summed E-state index contributed by atoms with van der Waals surface area (Å²) >= 11 is 0. The second-order valence-corrected chi connectivity index (χ2v) is 14.1. The Morgan fingerprint density at radius 1 is 0.469 bits per heavy atom. The second-order valence-electron chi connectivity index (χ2n) is 14.1. The van der Waals surface area contributed by atoms with Gasteiger partial charge in [-0.1, -0.05) is 166 Å². The molecule has 0 fully saturated rings. The van der Waals surface area contributed by atoms with Crippen molar-refractivity contribution in [3.05, 3.63) is 36.5 Å². The molecule has 0 aliphatic carbocycles. The third kappa shape index (κ3) is 38.8. The van der Waals surface area contributed by atoms with Gasteiger partial charge in [-0.3, -0.25) is 9.59 Å². The van der Waals surface area contributed by atoms with Crippen LogP contribution in [0.3, 0.4) is 0 Å². The molecule has 0 spiro atoms. The van der Waals surface area contributed by atoms with Crippen molar-refractivity contribution in [3.63, 3.8) is 0 Å². The average Bonchev–Trinajstić information content (AvgIpc) is 3.10. The van der Waals surface area contributed by atoms with Crippen molar-refractivity contribution in [2.75, 3.05) is 13.2 Å². The highest BCUT2D eigenvalue weighted by atomic mass is 16.6. The Hall–Kier alpha value is -1.88. The predicted molar refractivity (Wildman–Crippen MR) is 210 cm³/mol. The van der Waals surface area contributed by atoms with Crippen LogP contribution in [0.4, 0.5) is 0 Å². The van der Waals surface area contributed by atoms with Crippen molar-refractivity contribution in [2.24, 2.45) is 0 Å². The fraction of sp³-hybridized carbons (Fsp3) is 0.818. The van der Waals surface area contributed by atoms with Crippen LogP contribution in [0.15, 0.2) is 36.5 Å². The van der Waals surface area contributed by atoms with Crippen molar-refractivity contribution < 1.29 is 24.2 Å². The van der Waals surface area contributed by atoms with E-state index >= 15 is 0 Å². The number of esters is 2. The molecule has 0 heterocycles. The van der Waals surface area contributed by atoms with Gasteiger partial charge in [0.25, 0.3) is 0 Å². The number of carbonyl (C=O) groups is 2. The number of aliphatic hydroxyl groups is 1. The number of allylic oxidation sites excluding steroid dienone is 6. The van der Waals surface area contributed by atoms with Crippen LogP contribution in [0.25, 0.3) is 0 Å². The maximum Gasteiger partial charge on any atom is 0.306 e. The summed E-state index contributed by atoms with van der Waals surface area (Å²) in [6.45, 7) is 4.11. The van der Waals surface area contributed by atoms with Gasteiger partial charge in [-0.15, -0.1) is 0 Å². The smallest absolute Gasteiger partial charge is 0.306 e. The molecule has 0 bridgehead atoms. The molecule has 1 N–H and O–H groups in total. The summed E-state index contributed by atoms with van der Waals surface area (Å²) in [5.41, 5.74) is 0. The Bertz CT molecular complexity index is 786. The molecule has 0 radical (unpaired) electrons. The Labute approximate surface area is 304 Å². The molecule has 1 atom stereocenters. The molecule has 0 aliphatic heterocycles. The zero-order valence-corrected chi connectivity index (χ0v) is 32.5. The minimum absolute atomic E-state index is 0.0698. The average molecular weight is 689 g/mol. The zero-order chi connectivity index (χ0) is 35.7. The first kappa shape index (κ1) is 47.1. The van der Waals surface area contributed by atoms with E-state index in [0.717, 1.165) is 51.4 Å². The maximum absolute atomic E-state index is 12.2. The van der Waals surface area contributed by atoms with Gasteiger partial charge in [0, 0.05) is 12.8 Å². The standard InChI is InChI=1S/C44H80O5/c1-3-5-7-9-11-13-15-17-19-21-22-23-25-26-28-30-32-34-36-38-43(46)48-41-42(40-45)49-44(47)39-37-35-33-31-29-27-24-20-18-16-14-12-10-8-6-4-2/h12,14,17-20,42,45H,3-11,13,15-16,21-41H2,1-2H3/b14-12-,19-17-,20-18-/t42-/m0/s1. The van der Waals surface area contributed by atoms with E-state index < -0.39 is 6.10 Å². The Morgan fingerprint density at radius 2 is 0.816 bits per heavy atom. The summed E-state index contributed by atoms with van der Waals surface area (Å²) < 4.78 is 10.6. The normalized spacial score (nSPS) is 12.5. The highest BCUT2D eigenvalue weighted by Gasteiger charge is 2.16. The quantitative estimate of drug-likeness (QED) is 0.0397. The van der Waals surface area contributed by atoms with E-state index in [-0.39, 0.29) is 25.2 Å². The number of carbonyl (C=O) groups excluding carboxylic acids is 2. The summed E-state index contributed by atoms with van der Waals surface area (Å²) in [4.78, 5) is 24.3. The molecule has 286 valence electrons. The predicted octanol–water partition coefficient (Wildman–Crippen LogP) is 13.2. The Morgan fingerprint density at radius 3 is 1.27 bits per heavy atom. The fourth-order valence-electron chi connectivity index (χ4n) is 5.93. The summed E-state index contributed by atoms with van der Waals surface area (Å²) in [6.07, 6.45) is 49.2. The highest BCUT2D eigenvalue weighted by molar-refractivity contribution is 5.70. The minimum atomic E-state index is -0.776. The van der Waals surface area contributed by atoms with Crippen LogP contribution < -0.4 is 0 Å². The molecule has 5 heteroatoms. The van der Waals surface area contributed by atoms with Crippen LogP contribution in [0, 0.1) is 0 Å². The molecule has 0 saturated carbocycles. The van der Waals surface area contributed by atoms with E-state index in [0.29, 0.717) is 12.8 Å². The number of unbranched alkanes of at least 4 members (excludes halogenated alkanes) is 24. The largest absolute Gasteiger partial charge is 0.462 e. The van der Waals surface area contributed by atoms with E-state index in [1.165, 1.54) is 135 Å². The Kier molecular flexibility index (Phi) is 39.0. The lowest BCUT2D eigenvalue weighted by molar-refractivity contribution is -0.161. The van der Waals surface area contributed by atoms with Gasteiger partial charge in [0.2, 0.25) is 0 Å². The number of ether oxygens (including phenoxy) is 2. The first-order valence-electron chi connectivity index (χ1n) is 21.0. The maximum atomic E-state index is 12.2. The third-order valence-electron chi connectivity index (χ3n) is 9.16. The van der Waals surface area contributed by atoms with Crippen LogP contribution in [0.1, 0.15) is 213 Å². The third-order valence-corrected chi connectivity index (χ3v) is 9.16. The van der Waals surface area contributed by atoms with E-state index in [4.69, 9.17) is 9.47 Å². The molecule has 0 unspecified atom stereocenters. The first-order valence-corrected chi connectivity index (χ1v) is 21.0. The van der Waals surface area contributed by atoms with Gasteiger partial charge in [-0.25, -0.2) is 0 Å². The van der Waals surface area contributed by atoms with E-state index in [2.05, 4.69) is 50.3 Å². The van der Waals surface area contributed by atoms with Crippen molar-refractivity contribution >= 4 is 11.9 Å². The molecule has 5 nitrogen and oxygen atoms in total. The molecule has 0 aromatic heterocycles. The van der Waals surface area contributed by atoms with Crippen LogP contribution in [0.5, 0.6) is 0 Å². The first-order chi connectivity index (χ1) is 24.1. The number of hydrogen-bond donors (Lipinski definition) is 1.